The van der Waals surface area contributed by atoms with Gasteiger partial charge < -0.3 is 25.0 Å². The Kier molecular flexibility index (Phi) is 4.70. The third kappa shape index (κ3) is 3.49. The summed E-state index contributed by atoms with van der Waals surface area (Å²) in [4.78, 5) is 11.6. The van der Waals surface area contributed by atoms with E-state index in [9.17, 15) is 0 Å². The Morgan fingerprint density at radius 1 is 0.968 bits per heavy atom. The van der Waals surface area contributed by atoms with Crippen molar-refractivity contribution in [3.05, 3.63) is 59.9 Å². The van der Waals surface area contributed by atoms with Crippen molar-refractivity contribution in [1.82, 2.24) is 15.3 Å². The fraction of sp³-hybridized carbons (Fsp3) is 0.333. The van der Waals surface area contributed by atoms with E-state index in [4.69, 9.17) is 9.47 Å². The van der Waals surface area contributed by atoms with Gasteiger partial charge in [-0.15, -0.1) is 0 Å². The van der Waals surface area contributed by atoms with Crippen molar-refractivity contribution >= 4 is 17.2 Å². The summed E-state index contributed by atoms with van der Waals surface area (Å²) in [5.41, 5.74) is 6.55. The Balaban J connectivity index is 1.33. The summed E-state index contributed by atoms with van der Waals surface area (Å²) in [6.07, 6.45) is 3.77. The fourth-order valence-corrected chi connectivity index (χ4v) is 4.41. The summed E-state index contributed by atoms with van der Waals surface area (Å²) in [6.45, 7) is 5.82. The highest BCUT2D eigenvalue weighted by Gasteiger charge is 2.23. The van der Waals surface area contributed by atoms with Crippen molar-refractivity contribution in [2.24, 2.45) is 0 Å². The highest BCUT2D eigenvalue weighted by molar-refractivity contribution is 5.77. The lowest BCUT2D eigenvalue weighted by Gasteiger charge is -2.30. The van der Waals surface area contributed by atoms with Gasteiger partial charge in [-0.05, 0) is 42.0 Å². The molecule has 0 saturated carbocycles. The quantitative estimate of drug-likeness (QED) is 0.680. The second-order valence-electron chi connectivity index (χ2n) is 8.21. The molecular weight excluding hydrogens is 390 g/mol. The van der Waals surface area contributed by atoms with Crippen LogP contribution in [-0.2, 0) is 11.3 Å². The van der Waals surface area contributed by atoms with Crippen LogP contribution in [0.4, 0.5) is 17.2 Å². The van der Waals surface area contributed by atoms with E-state index in [0.717, 1.165) is 79.2 Å². The van der Waals surface area contributed by atoms with E-state index in [-0.39, 0.29) is 0 Å². The lowest BCUT2D eigenvalue weighted by atomic mass is 9.93. The number of anilines is 3. The minimum atomic E-state index is 0.484. The molecule has 1 aromatic carbocycles. The number of rotatable bonds is 3. The van der Waals surface area contributed by atoms with Gasteiger partial charge in [0, 0.05) is 55.7 Å². The molecule has 0 spiro atoms. The second-order valence-corrected chi connectivity index (χ2v) is 8.21. The smallest absolute Gasteiger partial charge is 0.143 e. The molecule has 0 atom stereocenters. The molecule has 5 heterocycles. The Morgan fingerprint density at radius 3 is 2.68 bits per heavy atom. The number of aromatic nitrogens is 2. The van der Waals surface area contributed by atoms with Crippen molar-refractivity contribution < 1.29 is 9.47 Å². The van der Waals surface area contributed by atoms with Crippen LogP contribution in [0, 0.1) is 0 Å². The van der Waals surface area contributed by atoms with Gasteiger partial charge in [0.05, 0.1) is 30.2 Å². The lowest BCUT2D eigenvalue weighted by molar-refractivity contribution is 0.122. The summed E-state index contributed by atoms with van der Waals surface area (Å²) < 4.78 is 11.7. The molecule has 7 nitrogen and oxygen atoms in total. The van der Waals surface area contributed by atoms with Gasteiger partial charge in [0.1, 0.15) is 18.2 Å². The molecule has 0 unspecified atom stereocenters. The van der Waals surface area contributed by atoms with E-state index < -0.39 is 0 Å². The molecule has 7 heteroatoms. The van der Waals surface area contributed by atoms with E-state index in [1.165, 1.54) is 5.56 Å². The predicted molar refractivity (Wildman–Crippen MR) is 120 cm³/mol. The van der Waals surface area contributed by atoms with Crippen molar-refractivity contribution in [3.63, 3.8) is 0 Å². The molecule has 3 aliphatic rings. The molecule has 0 radical (unpaired) electrons. The Labute approximate surface area is 181 Å². The lowest BCUT2D eigenvalue weighted by Crippen LogP contribution is -2.39. The Hall–Kier alpha value is -3.16. The molecule has 3 aromatic rings. The minimum absolute atomic E-state index is 0.484. The summed E-state index contributed by atoms with van der Waals surface area (Å²) in [6, 6.07) is 12.6. The molecule has 3 aliphatic heterocycles. The van der Waals surface area contributed by atoms with Gasteiger partial charge in [-0.25, -0.2) is 4.98 Å². The van der Waals surface area contributed by atoms with Gasteiger partial charge in [0.2, 0.25) is 0 Å². The van der Waals surface area contributed by atoms with Gasteiger partial charge in [-0.2, -0.15) is 0 Å². The first-order valence-electron chi connectivity index (χ1n) is 10.9. The van der Waals surface area contributed by atoms with Crippen molar-refractivity contribution in [2.45, 2.75) is 12.5 Å². The number of morpholine rings is 1. The van der Waals surface area contributed by atoms with Gasteiger partial charge >= 0.3 is 0 Å². The van der Waals surface area contributed by atoms with Crippen LogP contribution in [0.15, 0.2) is 48.8 Å². The third-order valence-electron chi connectivity index (χ3n) is 6.32. The van der Waals surface area contributed by atoms with Crippen molar-refractivity contribution in [1.29, 1.82) is 0 Å². The molecule has 31 heavy (non-hydrogen) atoms. The average Bonchev–Trinajstić information content (AvgIpc) is 2.97. The van der Waals surface area contributed by atoms with Crippen LogP contribution in [0.25, 0.3) is 11.3 Å². The van der Waals surface area contributed by atoms with Crippen LogP contribution < -0.4 is 20.3 Å². The molecule has 2 aromatic heterocycles. The Morgan fingerprint density at radius 2 is 1.84 bits per heavy atom. The highest BCUT2D eigenvalue weighted by Crippen LogP contribution is 2.39. The molecular formula is C24H25N5O2. The number of nitrogens with zero attached hydrogens (tertiary/aromatic N) is 3. The van der Waals surface area contributed by atoms with Crippen LogP contribution in [0.1, 0.15) is 17.0 Å². The highest BCUT2D eigenvalue weighted by atomic mass is 16.5. The third-order valence-corrected chi connectivity index (χ3v) is 6.32. The van der Waals surface area contributed by atoms with Gasteiger partial charge in [0.15, 0.2) is 0 Å². The number of hydrogen-bond acceptors (Lipinski definition) is 7. The van der Waals surface area contributed by atoms with E-state index in [2.05, 4.69) is 55.8 Å². The summed E-state index contributed by atoms with van der Waals surface area (Å²) in [5, 5.41) is 6.86. The van der Waals surface area contributed by atoms with Crippen molar-refractivity contribution in [2.75, 3.05) is 49.6 Å². The SMILES string of the molecule is c1cc(C2CNC2)cc(-c2ccc3c(c2)Nc2nccc(N4CCOCC4)c2CO3)n1. The topological polar surface area (TPSA) is 71.5 Å². The van der Waals surface area contributed by atoms with E-state index in [1.54, 1.807) is 0 Å². The molecule has 2 N–H and O–H groups in total. The second kappa shape index (κ2) is 7.83. The zero-order valence-corrected chi connectivity index (χ0v) is 17.3. The monoisotopic (exact) mass is 415 g/mol. The normalized spacial score (nSPS) is 18.1. The maximum atomic E-state index is 6.20. The molecule has 0 aliphatic carbocycles. The molecule has 158 valence electrons. The van der Waals surface area contributed by atoms with Gasteiger partial charge in [0.25, 0.3) is 0 Å². The number of hydrogen-bond donors (Lipinski definition) is 2. The van der Waals surface area contributed by atoms with Crippen LogP contribution in [0.3, 0.4) is 0 Å². The molecule has 2 saturated heterocycles. The average molecular weight is 415 g/mol. The van der Waals surface area contributed by atoms with E-state index in [1.807, 2.05) is 18.5 Å². The molecule has 2 fully saturated rings. The zero-order chi connectivity index (χ0) is 20.6. The zero-order valence-electron chi connectivity index (χ0n) is 17.3. The first-order valence-corrected chi connectivity index (χ1v) is 10.9. The molecule has 6 rings (SSSR count). The van der Waals surface area contributed by atoms with Crippen LogP contribution in [-0.4, -0.2) is 49.4 Å². The van der Waals surface area contributed by atoms with Crippen LogP contribution in [0.5, 0.6) is 5.75 Å². The fourth-order valence-electron chi connectivity index (χ4n) is 4.41. The number of nitrogens with one attached hydrogen (secondary N) is 2. The Bertz CT molecular complexity index is 1110. The van der Waals surface area contributed by atoms with E-state index in [0.29, 0.717) is 12.5 Å². The van der Waals surface area contributed by atoms with Gasteiger partial charge in [-0.1, -0.05) is 0 Å². The summed E-state index contributed by atoms with van der Waals surface area (Å²) in [7, 11) is 0. The maximum absolute atomic E-state index is 6.20. The number of pyridine rings is 2. The standard InChI is InChI=1S/C24H25N5O2/c1-2-23-21(12-17(1)20-11-16(3-5-26-20)18-13-25-14-18)28-24-19(15-31-23)22(4-6-27-24)29-7-9-30-10-8-29/h1-6,11-12,18,25H,7-10,13-15H2,(H,27,28). The van der Waals surface area contributed by atoms with Crippen molar-refractivity contribution in [3.8, 4) is 17.0 Å². The summed E-state index contributed by atoms with van der Waals surface area (Å²) >= 11 is 0. The predicted octanol–water partition coefficient (Wildman–Crippen LogP) is 3.30. The maximum Gasteiger partial charge on any atom is 0.143 e. The molecule has 0 amide bonds. The van der Waals surface area contributed by atoms with E-state index >= 15 is 0 Å². The largest absolute Gasteiger partial charge is 0.487 e. The minimum Gasteiger partial charge on any atom is -0.487 e. The van der Waals surface area contributed by atoms with Crippen LogP contribution in [0.2, 0.25) is 0 Å². The number of benzene rings is 1. The molecule has 0 bridgehead atoms. The van der Waals surface area contributed by atoms with Gasteiger partial charge in [-0.3, -0.25) is 4.98 Å². The first kappa shape index (κ1) is 18.6. The first-order chi connectivity index (χ1) is 15.3. The number of ether oxygens (including phenoxy) is 2. The van der Waals surface area contributed by atoms with Crippen LogP contribution >= 0.6 is 0 Å². The summed E-state index contributed by atoms with van der Waals surface area (Å²) in [5.74, 6) is 2.26. The number of fused-ring (bicyclic) bond motifs is 2.